The standard InChI is InChI=1S/C16H20N4O4S/c1-23-10-14(21)20-6-2-4-11(9-20)15(22)17-8-13-18-16(24-19-13)12-5-3-7-25-12/h3,5,7,11H,2,4,6,8-10H2,1H3,(H,17,22)/t11-/m1/s1. The maximum absolute atomic E-state index is 12.4. The van der Waals surface area contributed by atoms with Crippen molar-refractivity contribution in [3.05, 3.63) is 23.3 Å². The lowest BCUT2D eigenvalue weighted by molar-refractivity contribution is -0.139. The molecule has 9 heteroatoms. The quantitative estimate of drug-likeness (QED) is 0.830. The molecule has 1 N–H and O–H groups in total. The number of piperidine rings is 1. The van der Waals surface area contributed by atoms with E-state index in [0.717, 1.165) is 17.7 Å². The first-order valence-electron chi connectivity index (χ1n) is 8.08. The van der Waals surface area contributed by atoms with Gasteiger partial charge in [0.05, 0.1) is 17.3 Å². The predicted molar refractivity (Wildman–Crippen MR) is 90.6 cm³/mol. The molecule has 1 saturated heterocycles. The Hall–Kier alpha value is -2.26. The molecule has 0 unspecified atom stereocenters. The third kappa shape index (κ3) is 4.43. The van der Waals surface area contributed by atoms with Crippen LogP contribution in [-0.4, -0.2) is 53.7 Å². The largest absolute Gasteiger partial charge is 0.375 e. The van der Waals surface area contributed by atoms with E-state index < -0.39 is 0 Å². The maximum atomic E-state index is 12.4. The van der Waals surface area contributed by atoms with Gasteiger partial charge in [0.15, 0.2) is 5.82 Å². The second kappa shape index (κ2) is 8.21. The van der Waals surface area contributed by atoms with E-state index in [-0.39, 0.29) is 30.9 Å². The normalized spacial score (nSPS) is 17.5. The Morgan fingerprint density at radius 1 is 1.52 bits per heavy atom. The van der Waals surface area contributed by atoms with Crippen LogP contribution in [0.5, 0.6) is 0 Å². The van der Waals surface area contributed by atoms with E-state index in [1.54, 1.807) is 4.90 Å². The third-order valence-electron chi connectivity index (χ3n) is 4.03. The second-order valence-corrected chi connectivity index (χ2v) is 6.77. The smallest absolute Gasteiger partial charge is 0.268 e. The van der Waals surface area contributed by atoms with E-state index in [2.05, 4.69) is 15.5 Å². The highest BCUT2D eigenvalue weighted by Gasteiger charge is 2.28. The molecule has 0 aromatic carbocycles. The molecule has 0 saturated carbocycles. The van der Waals surface area contributed by atoms with Gasteiger partial charge in [-0.3, -0.25) is 9.59 Å². The molecule has 0 radical (unpaired) electrons. The molecule has 1 aliphatic rings. The van der Waals surface area contributed by atoms with Gasteiger partial charge in [-0.05, 0) is 24.3 Å². The SMILES string of the molecule is COCC(=O)N1CCC[C@@H](C(=O)NCc2noc(-c3cccs3)n2)C1. The summed E-state index contributed by atoms with van der Waals surface area (Å²) in [6.07, 6.45) is 1.56. The highest BCUT2D eigenvalue weighted by atomic mass is 32.1. The average molecular weight is 364 g/mol. The minimum atomic E-state index is -0.224. The van der Waals surface area contributed by atoms with Gasteiger partial charge in [0, 0.05) is 20.2 Å². The van der Waals surface area contributed by atoms with E-state index in [1.165, 1.54) is 18.4 Å². The van der Waals surface area contributed by atoms with Gasteiger partial charge >= 0.3 is 0 Å². The summed E-state index contributed by atoms with van der Waals surface area (Å²) in [5, 5.41) is 8.64. The molecule has 8 nitrogen and oxygen atoms in total. The van der Waals surface area contributed by atoms with Crippen LogP contribution in [0.4, 0.5) is 0 Å². The van der Waals surface area contributed by atoms with Crippen molar-refractivity contribution in [2.24, 2.45) is 5.92 Å². The Morgan fingerprint density at radius 2 is 2.40 bits per heavy atom. The van der Waals surface area contributed by atoms with Crippen LogP contribution in [0.1, 0.15) is 18.7 Å². The fraction of sp³-hybridized carbons (Fsp3) is 0.500. The zero-order valence-electron chi connectivity index (χ0n) is 13.9. The minimum Gasteiger partial charge on any atom is -0.375 e. The van der Waals surface area contributed by atoms with Gasteiger partial charge in [0.2, 0.25) is 11.8 Å². The van der Waals surface area contributed by atoms with Crippen molar-refractivity contribution in [3.8, 4) is 10.8 Å². The molecule has 0 aliphatic carbocycles. The van der Waals surface area contributed by atoms with E-state index in [1.807, 2.05) is 17.5 Å². The lowest BCUT2D eigenvalue weighted by Gasteiger charge is -2.31. The molecule has 2 aromatic heterocycles. The van der Waals surface area contributed by atoms with Crippen molar-refractivity contribution in [1.29, 1.82) is 0 Å². The van der Waals surface area contributed by atoms with Crippen LogP contribution in [-0.2, 0) is 20.9 Å². The summed E-state index contributed by atoms with van der Waals surface area (Å²) >= 11 is 1.51. The van der Waals surface area contributed by atoms with Crippen LogP contribution in [0.2, 0.25) is 0 Å². The van der Waals surface area contributed by atoms with Gasteiger partial charge in [-0.2, -0.15) is 4.98 Å². The summed E-state index contributed by atoms with van der Waals surface area (Å²) in [7, 11) is 1.49. The first-order chi connectivity index (χ1) is 12.2. The number of carbonyl (C=O) groups is 2. The number of aromatic nitrogens is 2. The number of methoxy groups -OCH3 is 1. The van der Waals surface area contributed by atoms with E-state index in [0.29, 0.717) is 24.8 Å². The Kier molecular flexibility index (Phi) is 5.77. The molecule has 1 aliphatic heterocycles. The van der Waals surface area contributed by atoms with Crippen LogP contribution in [0.15, 0.2) is 22.0 Å². The summed E-state index contributed by atoms with van der Waals surface area (Å²) in [4.78, 5) is 31.1. The van der Waals surface area contributed by atoms with Gasteiger partial charge in [0.25, 0.3) is 5.89 Å². The first kappa shape index (κ1) is 17.6. The van der Waals surface area contributed by atoms with Crippen molar-refractivity contribution < 1.29 is 18.8 Å². The molecule has 0 spiro atoms. The van der Waals surface area contributed by atoms with Gasteiger partial charge in [-0.15, -0.1) is 11.3 Å². The number of likely N-dealkylation sites (tertiary alicyclic amines) is 1. The summed E-state index contributed by atoms with van der Waals surface area (Å²) in [5.41, 5.74) is 0. The molecule has 2 aromatic rings. The first-order valence-corrected chi connectivity index (χ1v) is 8.96. The van der Waals surface area contributed by atoms with Crippen LogP contribution in [0.3, 0.4) is 0 Å². The molecule has 134 valence electrons. The lowest BCUT2D eigenvalue weighted by Crippen LogP contribution is -2.46. The molecular formula is C16H20N4O4S. The number of rotatable bonds is 6. The van der Waals surface area contributed by atoms with Crippen LogP contribution in [0, 0.1) is 5.92 Å². The monoisotopic (exact) mass is 364 g/mol. The Bertz CT molecular complexity index is 716. The molecule has 1 fully saturated rings. The third-order valence-corrected chi connectivity index (χ3v) is 4.89. The van der Waals surface area contributed by atoms with Gasteiger partial charge < -0.3 is 19.5 Å². The fourth-order valence-electron chi connectivity index (χ4n) is 2.77. The van der Waals surface area contributed by atoms with E-state index >= 15 is 0 Å². The number of amides is 2. The van der Waals surface area contributed by atoms with E-state index in [9.17, 15) is 9.59 Å². The van der Waals surface area contributed by atoms with Crippen molar-refractivity contribution >= 4 is 23.2 Å². The highest BCUT2D eigenvalue weighted by Crippen LogP contribution is 2.22. The molecule has 1 atom stereocenters. The summed E-state index contributed by atoms with van der Waals surface area (Å²) in [6, 6.07) is 3.81. The zero-order valence-corrected chi connectivity index (χ0v) is 14.8. The average Bonchev–Trinajstić information content (AvgIpc) is 3.31. The molecule has 3 heterocycles. The van der Waals surface area contributed by atoms with Crippen LogP contribution >= 0.6 is 11.3 Å². The van der Waals surface area contributed by atoms with Crippen molar-refractivity contribution in [1.82, 2.24) is 20.4 Å². The molecule has 0 bridgehead atoms. The lowest BCUT2D eigenvalue weighted by atomic mass is 9.97. The van der Waals surface area contributed by atoms with Crippen LogP contribution < -0.4 is 5.32 Å². The predicted octanol–water partition coefficient (Wildman–Crippen LogP) is 1.30. The summed E-state index contributed by atoms with van der Waals surface area (Å²) in [5.74, 6) is 0.475. The van der Waals surface area contributed by atoms with Gasteiger partial charge in [-0.25, -0.2) is 0 Å². The van der Waals surface area contributed by atoms with Crippen molar-refractivity contribution in [2.45, 2.75) is 19.4 Å². The topological polar surface area (TPSA) is 97.6 Å². The number of ether oxygens (including phenoxy) is 1. The number of hydrogen-bond acceptors (Lipinski definition) is 7. The molecule has 3 rings (SSSR count). The minimum absolute atomic E-state index is 0.0443. The Balaban J connectivity index is 1.51. The summed E-state index contributed by atoms with van der Waals surface area (Å²) in [6.45, 7) is 1.33. The number of nitrogens with one attached hydrogen (secondary N) is 1. The van der Waals surface area contributed by atoms with Crippen molar-refractivity contribution in [2.75, 3.05) is 26.8 Å². The van der Waals surface area contributed by atoms with Gasteiger partial charge in [-0.1, -0.05) is 11.2 Å². The second-order valence-electron chi connectivity index (χ2n) is 5.82. The Morgan fingerprint density at radius 3 is 3.16 bits per heavy atom. The number of nitrogens with zero attached hydrogens (tertiary/aromatic N) is 3. The summed E-state index contributed by atoms with van der Waals surface area (Å²) < 4.78 is 10.1. The zero-order chi connectivity index (χ0) is 17.6. The number of thiophene rings is 1. The maximum Gasteiger partial charge on any atom is 0.268 e. The highest BCUT2D eigenvalue weighted by molar-refractivity contribution is 7.13. The van der Waals surface area contributed by atoms with Gasteiger partial charge in [0.1, 0.15) is 6.61 Å². The van der Waals surface area contributed by atoms with Crippen molar-refractivity contribution in [3.63, 3.8) is 0 Å². The Labute approximate surface area is 149 Å². The van der Waals surface area contributed by atoms with E-state index in [4.69, 9.17) is 9.26 Å². The fourth-order valence-corrected chi connectivity index (χ4v) is 3.41. The molecule has 2 amide bonds. The number of hydrogen-bond donors (Lipinski definition) is 1. The van der Waals surface area contributed by atoms with Crippen LogP contribution in [0.25, 0.3) is 10.8 Å². The molecule has 25 heavy (non-hydrogen) atoms. The molecular weight excluding hydrogens is 344 g/mol. The number of carbonyl (C=O) groups excluding carboxylic acids is 2.